The van der Waals surface area contributed by atoms with Gasteiger partial charge in [-0.25, -0.2) is 17.5 Å². The lowest BCUT2D eigenvalue weighted by molar-refractivity contribution is -0.155. The van der Waals surface area contributed by atoms with Gasteiger partial charge in [0.25, 0.3) is 0 Å². The molecule has 4 nitrogen and oxygen atoms in total. The largest absolute Gasteiger partial charge is 0.381 e. The molecule has 1 aromatic rings. The van der Waals surface area contributed by atoms with Gasteiger partial charge in [0.1, 0.15) is 5.82 Å². The van der Waals surface area contributed by atoms with Gasteiger partial charge in [-0.15, -0.1) is 0 Å². The van der Waals surface area contributed by atoms with Gasteiger partial charge in [-0.1, -0.05) is 18.6 Å². The Hall–Kier alpha value is -0.980. The van der Waals surface area contributed by atoms with Crippen molar-refractivity contribution in [3.8, 4) is 0 Å². The highest BCUT2D eigenvalue weighted by Gasteiger charge is 2.59. The minimum absolute atomic E-state index is 0.0102. The molecule has 2 aliphatic rings. The summed E-state index contributed by atoms with van der Waals surface area (Å²) in [5.74, 6) is -0.601. The minimum Gasteiger partial charge on any atom is -0.381 e. The standard InChI is InChI=1S/C15H20FNO3S/c1-20-14-9-13(15(14)6-3-7-15)17-21(18,19)10-11-4-2-5-12(16)8-11/h2,4-5,8,13-14,17H,3,6-7,9-10H2,1H3. The fraction of sp³-hybridized carbons (Fsp3) is 0.600. The number of benzene rings is 1. The second-order valence-electron chi connectivity index (χ2n) is 6.11. The molecule has 0 aromatic heterocycles. The van der Waals surface area contributed by atoms with Crippen molar-refractivity contribution in [1.82, 2.24) is 4.72 Å². The van der Waals surface area contributed by atoms with Crippen LogP contribution >= 0.6 is 0 Å². The van der Waals surface area contributed by atoms with Crippen molar-refractivity contribution in [2.75, 3.05) is 7.11 Å². The monoisotopic (exact) mass is 313 g/mol. The lowest BCUT2D eigenvalue weighted by Gasteiger charge is -2.60. The second-order valence-corrected chi connectivity index (χ2v) is 7.86. The maximum atomic E-state index is 13.1. The molecule has 2 fully saturated rings. The Morgan fingerprint density at radius 2 is 2.19 bits per heavy atom. The first-order valence-corrected chi connectivity index (χ1v) is 8.88. The molecule has 0 heterocycles. The zero-order valence-electron chi connectivity index (χ0n) is 12.0. The van der Waals surface area contributed by atoms with Gasteiger partial charge in [0.15, 0.2) is 0 Å². The van der Waals surface area contributed by atoms with Crippen molar-refractivity contribution >= 4 is 10.0 Å². The van der Waals surface area contributed by atoms with Crippen molar-refractivity contribution in [3.05, 3.63) is 35.6 Å². The summed E-state index contributed by atoms with van der Waals surface area (Å²) in [6, 6.07) is 5.67. The highest BCUT2D eigenvalue weighted by Crippen LogP contribution is 2.57. The summed E-state index contributed by atoms with van der Waals surface area (Å²) in [5.41, 5.74) is 0.455. The summed E-state index contributed by atoms with van der Waals surface area (Å²) in [7, 11) is -1.78. The van der Waals surface area contributed by atoms with Crippen LogP contribution in [0.15, 0.2) is 24.3 Å². The van der Waals surface area contributed by atoms with Gasteiger partial charge in [0, 0.05) is 18.6 Å². The summed E-state index contributed by atoms with van der Waals surface area (Å²) in [4.78, 5) is 0. The van der Waals surface area contributed by atoms with Gasteiger partial charge in [0.2, 0.25) is 10.0 Å². The van der Waals surface area contributed by atoms with Crippen molar-refractivity contribution < 1.29 is 17.5 Å². The summed E-state index contributed by atoms with van der Waals surface area (Å²) >= 11 is 0. The van der Waals surface area contributed by atoms with Crippen molar-refractivity contribution in [2.45, 2.75) is 43.6 Å². The molecule has 2 atom stereocenters. The SMILES string of the molecule is COC1CC(NS(=O)(=O)Cc2cccc(F)c2)C12CCC2. The Labute approximate surface area is 124 Å². The number of sulfonamides is 1. The highest BCUT2D eigenvalue weighted by molar-refractivity contribution is 7.88. The first-order chi connectivity index (χ1) is 9.95. The number of hydrogen-bond donors (Lipinski definition) is 1. The van der Waals surface area contributed by atoms with Crippen LogP contribution in [0, 0.1) is 11.2 Å². The van der Waals surface area contributed by atoms with E-state index in [1.165, 1.54) is 18.2 Å². The fourth-order valence-corrected chi connectivity index (χ4v) is 5.07. The topological polar surface area (TPSA) is 55.4 Å². The van der Waals surface area contributed by atoms with E-state index in [-0.39, 0.29) is 23.3 Å². The van der Waals surface area contributed by atoms with Crippen LogP contribution in [0.1, 0.15) is 31.2 Å². The van der Waals surface area contributed by atoms with E-state index in [1.807, 2.05) is 0 Å². The third-order valence-corrected chi connectivity index (χ3v) is 6.28. The number of hydrogen-bond acceptors (Lipinski definition) is 3. The van der Waals surface area contributed by atoms with Crippen LogP contribution < -0.4 is 4.72 Å². The van der Waals surface area contributed by atoms with E-state index in [0.29, 0.717) is 5.56 Å². The van der Waals surface area contributed by atoms with Crippen molar-refractivity contribution in [2.24, 2.45) is 5.41 Å². The van der Waals surface area contributed by atoms with E-state index >= 15 is 0 Å². The Kier molecular flexibility index (Phi) is 3.80. The smallest absolute Gasteiger partial charge is 0.216 e. The molecule has 2 aliphatic carbocycles. The third-order valence-electron chi connectivity index (χ3n) is 4.92. The molecule has 0 amide bonds. The van der Waals surface area contributed by atoms with Crippen LogP contribution in [0.5, 0.6) is 0 Å². The molecule has 0 saturated heterocycles. The minimum atomic E-state index is -3.46. The normalized spacial score (nSPS) is 27.1. The third kappa shape index (κ3) is 2.72. The Balaban J connectivity index is 1.67. The van der Waals surface area contributed by atoms with E-state index in [2.05, 4.69) is 4.72 Å². The first kappa shape index (κ1) is 14.9. The Morgan fingerprint density at radius 1 is 1.43 bits per heavy atom. The highest BCUT2D eigenvalue weighted by atomic mass is 32.2. The van der Waals surface area contributed by atoms with Gasteiger partial charge in [-0.3, -0.25) is 0 Å². The van der Waals surface area contributed by atoms with E-state index in [4.69, 9.17) is 4.74 Å². The molecular weight excluding hydrogens is 293 g/mol. The summed E-state index contributed by atoms with van der Waals surface area (Å²) in [6.07, 6.45) is 4.03. The molecule has 1 aromatic carbocycles. The number of halogens is 1. The maximum absolute atomic E-state index is 13.1. The molecule has 0 aliphatic heterocycles. The lowest BCUT2D eigenvalue weighted by Crippen LogP contribution is -2.67. The van der Waals surface area contributed by atoms with Crippen LogP contribution in [0.2, 0.25) is 0 Å². The molecule has 6 heteroatoms. The summed E-state index contributed by atoms with van der Waals surface area (Å²) in [6.45, 7) is 0. The van der Waals surface area contributed by atoms with E-state index in [1.54, 1.807) is 13.2 Å². The van der Waals surface area contributed by atoms with Crippen molar-refractivity contribution in [3.63, 3.8) is 0 Å². The van der Waals surface area contributed by atoms with Gasteiger partial charge in [0.05, 0.1) is 11.9 Å². The number of rotatable bonds is 5. The van der Waals surface area contributed by atoms with Crippen LogP contribution in [0.4, 0.5) is 4.39 Å². The number of ether oxygens (including phenoxy) is 1. The summed E-state index contributed by atoms with van der Waals surface area (Å²) in [5, 5.41) is 0. The Bertz CT molecular complexity index is 628. The molecule has 0 bridgehead atoms. The van der Waals surface area contributed by atoms with Gasteiger partial charge < -0.3 is 4.74 Å². The molecule has 21 heavy (non-hydrogen) atoms. The number of methoxy groups -OCH3 is 1. The number of nitrogens with one attached hydrogen (secondary N) is 1. The molecular formula is C15H20FNO3S. The molecule has 2 unspecified atom stereocenters. The lowest BCUT2D eigenvalue weighted by atomic mass is 9.51. The van der Waals surface area contributed by atoms with E-state index < -0.39 is 15.8 Å². The average Bonchev–Trinajstić information content (AvgIpc) is 2.31. The zero-order chi connectivity index (χ0) is 15.1. The van der Waals surface area contributed by atoms with E-state index in [9.17, 15) is 12.8 Å². The summed E-state index contributed by atoms with van der Waals surface area (Å²) < 4.78 is 45.9. The van der Waals surface area contributed by atoms with Gasteiger partial charge in [-0.05, 0) is 37.0 Å². The predicted molar refractivity (Wildman–Crippen MR) is 77.6 cm³/mol. The fourth-order valence-electron chi connectivity index (χ4n) is 3.60. The molecule has 116 valence electrons. The van der Waals surface area contributed by atoms with Crippen LogP contribution in [0.25, 0.3) is 0 Å². The molecule has 1 N–H and O–H groups in total. The average molecular weight is 313 g/mol. The molecule has 0 radical (unpaired) electrons. The predicted octanol–water partition coefficient (Wildman–Crippen LogP) is 2.20. The van der Waals surface area contributed by atoms with Crippen LogP contribution in [-0.4, -0.2) is 27.7 Å². The van der Waals surface area contributed by atoms with Gasteiger partial charge in [-0.2, -0.15) is 0 Å². The van der Waals surface area contributed by atoms with Crippen LogP contribution in [0.3, 0.4) is 0 Å². The van der Waals surface area contributed by atoms with Crippen molar-refractivity contribution in [1.29, 1.82) is 0 Å². The Morgan fingerprint density at radius 3 is 2.76 bits per heavy atom. The zero-order valence-corrected chi connectivity index (χ0v) is 12.8. The molecule has 3 rings (SSSR count). The van der Waals surface area contributed by atoms with Crippen LogP contribution in [-0.2, 0) is 20.5 Å². The van der Waals surface area contributed by atoms with Gasteiger partial charge >= 0.3 is 0 Å². The molecule has 2 saturated carbocycles. The second kappa shape index (κ2) is 5.34. The maximum Gasteiger partial charge on any atom is 0.216 e. The first-order valence-electron chi connectivity index (χ1n) is 7.22. The molecule has 1 spiro atoms. The quantitative estimate of drug-likeness (QED) is 0.907. The van der Waals surface area contributed by atoms with E-state index in [0.717, 1.165) is 25.7 Å².